The number of benzene rings is 3. The second-order valence-electron chi connectivity index (χ2n) is 8.35. The fraction of sp³-hybridized carbons (Fsp3) is 0.185. The molecule has 2 N–H and O–H groups in total. The average Bonchev–Trinajstić information content (AvgIpc) is 3.10. The highest BCUT2D eigenvalue weighted by atomic mass is 35.5. The highest BCUT2D eigenvalue weighted by Crippen LogP contribution is 2.25. The summed E-state index contributed by atoms with van der Waals surface area (Å²) >= 11 is 17.7. The summed E-state index contributed by atoms with van der Waals surface area (Å²) in [5, 5.41) is 4.59. The van der Waals surface area contributed by atoms with Crippen molar-refractivity contribution in [3.8, 4) is 5.75 Å². The number of hydrazine groups is 1. The second-order valence-corrected chi connectivity index (χ2v) is 9.56. The summed E-state index contributed by atoms with van der Waals surface area (Å²) in [4.78, 5) is 40.9. The summed E-state index contributed by atoms with van der Waals surface area (Å²) < 4.78 is 5.42. The van der Waals surface area contributed by atoms with Gasteiger partial charge in [0.1, 0.15) is 11.8 Å². The third-order valence-electron chi connectivity index (χ3n) is 5.71. The SMILES string of the molecule is CCOc1ccc(NC(=O)CC2C(=O)N(Cc3ccccc3)C(=S)N2NC(=O)c2ccc(Cl)cc2Cl)cc1. The van der Waals surface area contributed by atoms with Gasteiger partial charge in [0.05, 0.1) is 30.2 Å². The van der Waals surface area contributed by atoms with Crippen LogP contribution in [0, 0.1) is 0 Å². The molecule has 1 aliphatic heterocycles. The van der Waals surface area contributed by atoms with Gasteiger partial charge in [0.25, 0.3) is 11.8 Å². The maximum atomic E-state index is 13.5. The topological polar surface area (TPSA) is 91.0 Å². The van der Waals surface area contributed by atoms with Crippen LogP contribution in [-0.4, -0.2) is 45.4 Å². The van der Waals surface area contributed by atoms with Gasteiger partial charge in [-0.25, -0.2) is 5.01 Å². The van der Waals surface area contributed by atoms with Crippen molar-refractivity contribution >= 4 is 63.9 Å². The quantitative estimate of drug-likeness (QED) is 0.349. The van der Waals surface area contributed by atoms with Crippen molar-refractivity contribution in [1.82, 2.24) is 15.3 Å². The van der Waals surface area contributed by atoms with Gasteiger partial charge in [0, 0.05) is 10.7 Å². The summed E-state index contributed by atoms with van der Waals surface area (Å²) in [6.45, 7) is 2.59. The number of thiocarbonyl (C=S) groups is 1. The Morgan fingerprint density at radius 1 is 1.03 bits per heavy atom. The van der Waals surface area contributed by atoms with Crippen LogP contribution >= 0.6 is 35.4 Å². The molecule has 3 amide bonds. The molecular formula is C27H24Cl2N4O4S. The van der Waals surface area contributed by atoms with Crippen LogP contribution < -0.4 is 15.5 Å². The second kappa shape index (κ2) is 12.3. The molecule has 38 heavy (non-hydrogen) atoms. The van der Waals surface area contributed by atoms with Crippen LogP contribution in [0.3, 0.4) is 0 Å². The van der Waals surface area contributed by atoms with Crippen LogP contribution in [0.25, 0.3) is 0 Å². The number of halogens is 2. The van der Waals surface area contributed by atoms with Crippen molar-refractivity contribution in [2.75, 3.05) is 11.9 Å². The Hall–Kier alpha value is -3.66. The standard InChI is InChI=1S/C27H24Cl2N4O4S/c1-2-37-20-11-9-19(10-12-20)30-24(34)15-23-26(36)32(16-17-6-4-3-5-7-17)27(38)33(23)31-25(35)21-13-8-18(28)14-22(21)29/h3-14,23H,2,15-16H2,1H3,(H,30,34)(H,31,35). The van der Waals surface area contributed by atoms with Gasteiger partial charge in [-0.05, 0) is 67.2 Å². The Bertz CT molecular complexity index is 1350. The zero-order valence-corrected chi connectivity index (χ0v) is 22.6. The number of nitrogens with one attached hydrogen (secondary N) is 2. The highest BCUT2D eigenvalue weighted by molar-refractivity contribution is 7.80. The molecule has 1 unspecified atom stereocenters. The number of carbonyl (C=O) groups excluding carboxylic acids is 3. The molecule has 1 aliphatic rings. The first-order chi connectivity index (χ1) is 18.3. The first-order valence-corrected chi connectivity index (χ1v) is 12.9. The van der Waals surface area contributed by atoms with Gasteiger partial charge in [-0.15, -0.1) is 0 Å². The lowest BCUT2D eigenvalue weighted by atomic mass is 10.1. The molecular weight excluding hydrogens is 547 g/mol. The summed E-state index contributed by atoms with van der Waals surface area (Å²) in [7, 11) is 0. The van der Waals surface area contributed by atoms with Crippen molar-refractivity contribution < 1.29 is 19.1 Å². The molecule has 0 bridgehead atoms. The number of hydrogen-bond acceptors (Lipinski definition) is 5. The van der Waals surface area contributed by atoms with Crippen molar-refractivity contribution in [3.63, 3.8) is 0 Å². The van der Waals surface area contributed by atoms with E-state index in [0.717, 1.165) is 5.56 Å². The minimum Gasteiger partial charge on any atom is -0.494 e. The van der Waals surface area contributed by atoms with Crippen LogP contribution in [0.4, 0.5) is 5.69 Å². The summed E-state index contributed by atoms with van der Waals surface area (Å²) in [6, 6.07) is 19.5. The van der Waals surface area contributed by atoms with Crippen LogP contribution in [0.2, 0.25) is 10.0 Å². The Morgan fingerprint density at radius 3 is 2.39 bits per heavy atom. The molecule has 0 aliphatic carbocycles. The Kier molecular flexibility index (Phi) is 8.83. The molecule has 1 fully saturated rings. The fourth-order valence-corrected chi connectivity index (χ4v) is 4.72. The Labute approximate surface area is 235 Å². The van der Waals surface area contributed by atoms with Crippen molar-refractivity contribution in [2.45, 2.75) is 25.9 Å². The number of amides is 3. The lowest BCUT2D eigenvalue weighted by Gasteiger charge is -2.24. The van der Waals surface area contributed by atoms with Gasteiger partial charge in [0.15, 0.2) is 5.11 Å². The Balaban J connectivity index is 1.54. The first-order valence-electron chi connectivity index (χ1n) is 11.7. The van der Waals surface area contributed by atoms with E-state index in [0.29, 0.717) is 23.1 Å². The molecule has 4 rings (SSSR count). The van der Waals surface area contributed by atoms with Gasteiger partial charge < -0.3 is 10.1 Å². The Morgan fingerprint density at radius 2 is 1.74 bits per heavy atom. The summed E-state index contributed by atoms with van der Waals surface area (Å²) in [6.07, 6.45) is -0.258. The van der Waals surface area contributed by atoms with E-state index in [1.807, 2.05) is 37.3 Å². The number of anilines is 1. The molecule has 8 nitrogen and oxygen atoms in total. The molecule has 0 radical (unpaired) electrons. The van der Waals surface area contributed by atoms with E-state index < -0.39 is 23.8 Å². The van der Waals surface area contributed by atoms with E-state index in [1.54, 1.807) is 24.3 Å². The predicted octanol–water partition coefficient (Wildman–Crippen LogP) is 5.06. The van der Waals surface area contributed by atoms with Crippen molar-refractivity contribution in [3.05, 3.63) is 94.0 Å². The summed E-state index contributed by atoms with van der Waals surface area (Å²) in [5.41, 5.74) is 4.18. The number of carbonyl (C=O) groups is 3. The zero-order valence-electron chi connectivity index (χ0n) is 20.3. The van der Waals surface area contributed by atoms with Gasteiger partial charge in [-0.1, -0.05) is 53.5 Å². The van der Waals surface area contributed by atoms with E-state index in [4.69, 9.17) is 40.2 Å². The number of hydrogen-bond donors (Lipinski definition) is 2. The molecule has 1 heterocycles. The molecule has 1 saturated heterocycles. The largest absolute Gasteiger partial charge is 0.494 e. The zero-order chi connectivity index (χ0) is 27.2. The molecule has 3 aromatic rings. The molecule has 3 aromatic carbocycles. The van der Waals surface area contributed by atoms with E-state index in [1.165, 1.54) is 28.1 Å². The maximum Gasteiger partial charge on any atom is 0.271 e. The monoisotopic (exact) mass is 570 g/mol. The van der Waals surface area contributed by atoms with Crippen LogP contribution in [0.1, 0.15) is 29.3 Å². The van der Waals surface area contributed by atoms with Gasteiger partial charge in [-0.3, -0.25) is 24.7 Å². The highest BCUT2D eigenvalue weighted by Gasteiger charge is 2.44. The van der Waals surface area contributed by atoms with E-state index in [2.05, 4.69) is 10.7 Å². The fourth-order valence-electron chi connectivity index (χ4n) is 3.90. The normalized spacial score (nSPS) is 15.0. The third-order valence-corrected chi connectivity index (χ3v) is 6.67. The van der Waals surface area contributed by atoms with Crippen LogP contribution in [0.5, 0.6) is 5.75 Å². The lowest BCUT2D eigenvalue weighted by Crippen LogP contribution is -2.49. The maximum absolute atomic E-state index is 13.5. The smallest absolute Gasteiger partial charge is 0.271 e. The average molecular weight is 571 g/mol. The van der Waals surface area contributed by atoms with Gasteiger partial charge >= 0.3 is 0 Å². The first kappa shape index (κ1) is 27.4. The van der Waals surface area contributed by atoms with Crippen LogP contribution in [-0.2, 0) is 16.1 Å². The van der Waals surface area contributed by atoms with Crippen LogP contribution in [0.15, 0.2) is 72.8 Å². The minimum atomic E-state index is -1.07. The van der Waals surface area contributed by atoms with Crippen molar-refractivity contribution in [2.24, 2.45) is 0 Å². The van der Waals surface area contributed by atoms with E-state index >= 15 is 0 Å². The molecule has 0 saturated carbocycles. The molecule has 11 heteroatoms. The van der Waals surface area contributed by atoms with Gasteiger partial charge in [-0.2, -0.15) is 0 Å². The minimum absolute atomic E-state index is 0.0659. The molecule has 0 spiro atoms. The predicted molar refractivity (Wildman–Crippen MR) is 150 cm³/mol. The van der Waals surface area contributed by atoms with Gasteiger partial charge in [0.2, 0.25) is 5.91 Å². The third kappa shape index (κ3) is 6.42. The summed E-state index contributed by atoms with van der Waals surface area (Å²) in [5.74, 6) is -0.766. The number of ether oxygens (including phenoxy) is 1. The lowest BCUT2D eigenvalue weighted by molar-refractivity contribution is -0.131. The number of nitrogens with zero attached hydrogens (tertiary/aromatic N) is 2. The molecule has 1 atom stereocenters. The van der Waals surface area contributed by atoms with Crippen molar-refractivity contribution in [1.29, 1.82) is 0 Å². The number of rotatable bonds is 9. The van der Waals surface area contributed by atoms with E-state index in [-0.39, 0.29) is 28.7 Å². The molecule has 0 aromatic heterocycles. The van der Waals surface area contributed by atoms with E-state index in [9.17, 15) is 14.4 Å². The molecule has 196 valence electrons.